The Bertz CT molecular complexity index is 335. The van der Waals surface area contributed by atoms with Crippen LogP contribution in [0.3, 0.4) is 0 Å². The summed E-state index contributed by atoms with van der Waals surface area (Å²) >= 11 is 0.337. The first-order chi connectivity index (χ1) is 9.86. The number of hydrogen-bond acceptors (Lipinski definition) is 0. The molecule has 0 spiro atoms. The van der Waals surface area contributed by atoms with Crippen LogP contribution in [-0.2, 0) is 32.3 Å². The summed E-state index contributed by atoms with van der Waals surface area (Å²) in [6, 6.07) is 0. The van der Waals surface area contributed by atoms with Gasteiger partial charge >= 0.3 is 148 Å². The van der Waals surface area contributed by atoms with Gasteiger partial charge in [-0.3, -0.25) is 0 Å². The zero-order valence-corrected chi connectivity index (χ0v) is 16.3. The molecule has 0 nitrogen and oxygen atoms in total. The maximum atomic E-state index is 5.78. The SMILES string of the molecule is [Cl][Rh][C]1=CCCC=CCC1.[Cl][Rh][C]1=CCCC=CCC1. The molecule has 2 aliphatic rings. The van der Waals surface area contributed by atoms with Crippen molar-refractivity contribution in [1.82, 2.24) is 0 Å². The van der Waals surface area contributed by atoms with Gasteiger partial charge < -0.3 is 0 Å². The Kier molecular flexibility index (Phi) is 12.7. The van der Waals surface area contributed by atoms with Gasteiger partial charge in [-0.2, -0.15) is 0 Å². The third kappa shape index (κ3) is 9.67. The van der Waals surface area contributed by atoms with Crippen molar-refractivity contribution in [2.75, 3.05) is 0 Å². The van der Waals surface area contributed by atoms with Gasteiger partial charge in [0.2, 0.25) is 0 Å². The first-order valence-electron chi connectivity index (χ1n) is 6.99. The minimum absolute atomic E-state index is 0.169. The number of allylic oxidation sites excluding steroid dienone is 8. The van der Waals surface area contributed by atoms with Crippen LogP contribution in [0.4, 0.5) is 0 Å². The zero-order valence-electron chi connectivity index (χ0n) is 11.5. The fourth-order valence-electron chi connectivity index (χ4n) is 1.88. The Morgan fingerprint density at radius 1 is 0.600 bits per heavy atom. The van der Waals surface area contributed by atoms with Crippen molar-refractivity contribution < 1.29 is 32.3 Å². The van der Waals surface area contributed by atoms with Gasteiger partial charge in [0.25, 0.3) is 0 Å². The van der Waals surface area contributed by atoms with E-state index >= 15 is 0 Å². The van der Waals surface area contributed by atoms with E-state index in [-0.39, 0.29) is 32.3 Å². The van der Waals surface area contributed by atoms with Crippen molar-refractivity contribution in [3.63, 3.8) is 0 Å². The summed E-state index contributed by atoms with van der Waals surface area (Å²) in [6.45, 7) is 0. The summed E-state index contributed by atoms with van der Waals surface area (Å²) in [5.41, 5.74) is 0. The molecule has 0 aliphatic heterocycles. The molecule has 0 aromatic carbocycles. The molecule has 0 heterocycles. The van der Waals surface area contributed by atoms with Crippen LogP contribution in [-0.4, -0.2) is 0 Å². The molecule has 0 saturated heterocycles. The molecule has 0 amide bonds. The van der Waals surface area contributed by atoms with E-state index in [1.807, 2.05) is 0 Å². The average molecular weight is 491 g/mol. The van der Waals surface area contributed by atoms with Crippen molar-refractivity contribution >= 4 is 19.4 Å². The molecule has 2 rings (SSSR count). The molecule has 0 fully saturated rings. The summed E-state index contributed by atoms with van der Waals surface area (Å²) in [5, 5.41) is 0. The predicted octanol–water partition coefficient (Wildman–Crippen LogP) is 6.47. The van der Waals surface area contributed by atoms with E-state index in [4.69, 9.17) is 19.4 Å². The van der Waals surface area contributed by atoms with Crippen LogP contribution in [0.5, 0.6) is 0 Å². The molecular weight excluding hydrogens is 469 g/mol. The number of hydrogen-bond donors (Lipinski definition) is 0. The summed E-state index contributed by atoms with van der Waals surface area (Å²) in [6.07, 6.45) is 23.1. The fraction of sp³-hybridized carbons (Fsp3) is 0.500. The molecule has 20 heavy (non-hydrogen) atoms. The van der Waals surface area contributed by atoms with E-state index in [1.165, 1.54) is 59.7 Å². The van der Waals surface area contributed by atoms with Crippen molar-refractivity contribution in [1.29, 1.82) is 0 Å². The molecule has 0 aromatic rings. The molecular formula is C16H22Cl2Rh2. The third-order valence-corrected chi connectivity index (χ3v) is 7.15. The van der Waals surface area contributed by atoms with Crippen LogP contribution in [0.15, 0.2) is 44.8 Å². The summed E-state index contributed by atoms with van der Waals surface area (Å²) < 4.78 is 2.96. The Hall–Kier alpha value is 0.787. The van der Waals surface area contributed by atoms with Crippen LogP contribution in [0.2, 0.25) is 0 Å². The van der Waals surface area contributed by atoms with E-state index in [9.17, 15) is 0 Å². The van der Waals surface area contributed by atoms with E-state index in [0.717, 1.165) is 0 Å². The summed E-state index contributed by atoms with van der Waals surface area (Å²) in [5.74, 6) is 0. The third-order valence-electron chi connectivity index (χ3n) is 2.95. The molecule has 0 radical (unpaired) electrons. The van der Waals surface area contributed by atoms with Crippen LogP contribution < -0.4 is 0 Å². The maximum absolute atomic E-state index is 5.78. The molecule has 0 saturated carbocycles. The zero-order chi connectivity index (χ0) is 14.5. The average Bonchev–Trinajstić information content (AvgIpc) is 2.39. The van der Waals surface area contributed by atoms with Gasteiger partial charge in [-0.25, -0.2) is 0 Å². The quantitative estimate of drug-likeness (QED) is 0.307. The fourth-order valence-corrected chi connectivity index (χ4v) is 4.74. The number of halogens is 2. The van der Waals surface area contributed by atoms with Crippen LogP contribution >= 0.6 is 19.4 Å². The van der Waals surface area contributed by atoms with Crippen LogP contribution in [0, 0.1) is 0 Å². The van der Waals surface area contributed by atoms with Crippen molar-refractivity contribution in [3.05, 3.63) is 44.8 Å². The normalized spacial score (nSPS) is 19.9. The van der Waals surface area contributed by atoms with E-state index < -0.39 is 0 Å². The van der Waals surface area contributed by atoms with Gasteiger partial charge in [-0.05, 0) is 0 Å². The van der Waals surface area contributed by atoms with Crippen molar-refractivity contribution in [3.8, 4) is 0 Å². The van der Waals surface area contributed by atoms with E-state index in [2.05, 4.69) is 36.5 Å². The topological polar surface area (TPSA) is 0 Å². The Balaban J connectivity index is 0.000000200. The molecule has 118 valence electrons. The van der Waals surface area contributed by atoms with Crippen LogP contribution in [0.25, 0.3) is 0 Å². The second kappa shape index (κ2) is 13.4. The molecule has 4 heteroatoms. The molecule has 0 bridgehead atoms. The first kappa shape index (κ1) is 18.8. The molecule has 0 aromatic heterocycles. The second-order valence-electron chi connectivity index (χ2n) is 4.55. The Labute approximate surface area is 147 Å². The minimum atomic E-state index is 0.169. The summed E-state index contributed by atoms with van der Waals surface area (Å²) in [7, 11) is 11.6. The van der Waals surface area contributed by atoms with Gasteiger partial charge in [0.1, 0.15) is 0 Å². The van der Waals surface area contributed by atoms with Gasteiger partial charge in [0, 0.05) is 0 Å². The van der Waals surface area contributed by atoms with Gasteiger partial charge in [0.15, 0.2) is 0 Å². The molecule has 0 atom stereocenters. The monoisotopic (exact) mass is 490 g/mol. The van der Waals surface area contributed by atoms with Crippen LogP contribution in [0.1, 0.15) is 51.4 Å². The summed E-state index contributed by atoms with van der Waals surface area (Å²) in [4.78, 5) is 0. The van der Waals surface area contributed by atoms with E-state index in [1.54, 1.807) is 0 Å². The van der Waals surface area contributed by atoms with Crippen molar-refractivity contribution in [2.45, 2.75) is 51.4 Å². The van der Waals surface area contributed by atoms with Gasteiger partial charge in [-0.15, -0.1) is 0 Å². The van der Waals surface area contributed by atoms with Gasteiger partial charge in [0.05, 0.1) is 0 Å². The molecule has 2 aliphatic carbocycles. The van der Waals surface area contributed by atoms with Crippen molar-refractivity contribution in [2.24, 2.45) is 0 Å². The second-order valence-corrected chi connectivity index (χ2v) is 8.76. The Morgan fingerprint density at radius 2 is 1.00 bits per heavy atom. The standard InChI is InChI=1S/2C8H11.2ClH.2Rh/c2*1-2-4-6-8-7-5-3-1;;;;/h2*1-2,7H,3-6H2;2*1H;;/q;;;;2*+1/p-2. The predicted molar refractivity (Wildman–Crippen MR) is 83.1 cm³/mol. The van der Waals surface area contributed by atoms with E-state index in [0.29, 0.717) is 0 Å². The number of rotatable bonds is 2. The Morgan fingerprint density at radius 3 is 1.40 bits per heavy atom. The van der Waals surface area contributed by atoms with Gasteiger partial charge in [-0.1, -0.05) is 0 Å². The first-order valence-corrected chi connectivity index (χ1v) is 12.8. The molecule has 0 unspecified atom stereocenters. The molecule has 0 N–H and O–H groups in total.